The molecule has 1 aromatic carbocycles. The number of methoxy groups -OCH3 is 1. The van der Waals surface area contributed by atoms with E-state index < -0.39 is 5.92 Å². The molecule has 0 radical (unpaired) electrons. The van der Waals surface area contributed by atoms with Crippen molar-refractivity contribution in [3.63, 3.8) is 0 Å². The summed E-state index contributed by atoms with van der Waals surface area (Å²) in [4.78, 5) is 28.3. The molecule has 8 heteroatoms. The smallest absolute Gasteiger partial charge is 0.232 e. The van der Waals surface area contributed by atoms with Crippen molar-refractivity contribution < 1.29 is 14.3 Å². The topological polar surface area (TPSA) is 98.1 Å². The third kappa shape index (κ3) is 3.31. The molecule has 8 nitrogen and oxygen atoms in total. The standard InChI is InChI=1S/C15H17N5O3/c1-9-16-15-18-14(22)10(8-20(15)19-9)7-13(21)17-11-3-5-12(23-2)6-4-11/h3-6,10H,7-8H2,1-2H3,(H,17,21)(H,16,18,19,22)/t10-/m1/s1. The third-order valence-electron chi connectivity index (χ3n) is 3.58. The average Bonchev–Trinajstić information content (AvgIpc) is 2.87. The van der Waals surface area contributed by atoms with Gasteiger partial charge in [0.05, 0.1) is 19.6 Å². The average molecular weight is 315 g/mol. The predicted octanol–water partition coefficient (Wildman–Crippen LogP) is 1.19. The number of hydrogen-bond donors (Lipinski definition) is 2. The molecule has 0 bridgehead atoms. The number of carbonyl (C=O) groups is 2. The number of nitrogens with zero attached hydrogens (tertiary/aromatic N) is 3. The summed E-state index contributed by atoms with van der Waals surface area (Å²) < 4.78 is 6.68. The van der Waals surface area contributed by atoms with Crippen molar-refractivity contribution >= 4 is 23.5 Å². The first-order valence-electron chi connectivity index (χ1n) is 7.21. The zero-order chi connectivity index (χ0) is 16.4. The molecule has 2 heterocycles. The molecule has 3 rings (SSSR count). The lowest BCUT2D eigenvalue weighted by Gasteiger charge is -2.21. The van der Waals surface area contributed by atoms with E-state index in [1.165, 1.54) is 0 Å². The van der Waals surface area contributed by atoms with Gasteiger partial charge in [0.25, 0.3) is 0 Å². The van der Waals surface area contributed by atoms with Crippen LogP contribution in [0.5, 0.6) is 5.75 Å². The molecule has 0 fully saturated rings. The van der Waals surface area contributed by atoms with Gasteiger partial charge in [-0.15, -0.1) is 0 Å². The molecular weight excluding hydrogens is 298 g/mol. The molecule has 23 heavy (non-hydrogen) atoms. The fraction of sp³-hybridized carbons (Fsp3) is 0.333. The van der Waals surface area contributed by atoms with E-state index in [1.54, 1.807) is 43.0 Å². The SMILES string of the molecule is COc1ccc(NC(=O)C[C@@H]2Cn3nc(C)nc3NC2=O)cc1. The quantitative estimate of drug-likeness (QED) is 0.883. The maximum atomic E-state index is 12.1. The number of fused-ring (bicyclic) bond motifs is 1. The third-order valence-corrected chi connectivity index (χ3v) is 3.58. The molecule has 2 N–H and O–H groups in total. The van der Waals surface area contributed by atoms with Crippen molar-refractivity contribution in [1.29, 1.82) is 0 Å². The van der Waals surface area contributed by atoms with E-state index in [0.717, 1.165) is 0 Å². The summed E-state index contributed by atoms with van der Waals surface area (Å²) in [7, 11) is 1.58. The Hall–Kier alpha value is -2.90. The molecule has 1 aliphatic heterocycles. The highest BCUT2D eigenvalue weighted by molar-refractivity contribution is 5.98. The zero-order valence-corrected chi connectivity index (χ0v) is 12.9. The molecule has 0 saturated heterocycles. The number of anilines is 2. The number of nitrogens with one attached hydrogen (secondary N) is 2. The summed E-state index contributed by atoms with van der Waals surface area (Å²) in [6, 6.07) is 7.01. The fourth-order valence-corrected chi connectivity index (χ4v) is 2.45. The highest BCUT2D eigenvalue weighted by Crippen LogP contribution is 2.20. The van der Waals surface area contributed by atoms with E-state index in [9.17, 15) is 9.59 Å². The van der Waals surface area contributed by atoms with Gasteiger partial charge in [-0.1, -0.05) is 0 Å². The summed E-state index contributed by atoms with van der Waals surface area (Å²) in [6.45, 7) is 2.10. The van der Waals surface area contributed by atoms with Crippen LogP contribution in [0.3, 0.4) is 0 Å². The molecule has 2 aromatic rings. The number of amides is 2. The van der Waals surface area contributed by atoms with Gasteiger partial charge in [0.15, 0.2) is 0 Å². The van der Waals surface area contributed by atoms with Crippen molar-refractivity contribution in [2.75, 3.05) is 17.7 Å². The Balaban J connectivity index is 1.62. The second-order valence-electron chi connectivity index (χ2n) is 5.33. The second-order valence-corrected chi connectivity index (χ2v) is 5.33. The van der Waals surface area contributed by atoms with Crippen LogP contribution in [0.2, 0.25) is 0 Å². The Morgan fingerprint density at radius 2 is 2.17 bits per heavy atom. The van der Waals surface area contributed by atoms with Gasteiger partial charge < -0.3 is 10.1 Å². The van der Waals surface area contributed by atoms with Crippen LogP contribution in [-0.2, 0) is 16.1 Å². The van der Waals surface area contributed by atoms with E-state index in [4.69, 9.17) is 4.74 Å². The lowest BCUT2D eigenvalue weighted by molar-refractivity contribution is -0.125. The van der Waals surface area contributed by atoms with Crippen LogP contribution in [0.1, 0.15) is 12.2 Å². The Labute approximate surface area is 132 Å². The highest BCUT2D eigenvalue weighted by Gasteiger charge is 2.29. The van der Waals surface area contributed by atoms with Gasteiger partial charge in [-0.05, 0) is 31.2 Å². The molecule has 0 unspecified atom stereocenters. The van der Waals surface area contributed by atoms with Crippen molar-refractivity contribution in [2.45, 2.75) is 19.9 Å². The summed E-state index contributed by atoms with van der Waals surface area (Å²) in [5.74, 6) is 0.818. The van der Waals surface area contributed by atoms with E-state index in [2.05, 4.69) is 20.7 Å². The Morgan fingerprint density at radius 1 is 1.43 bits per heavy atom. The number of benzene rings is 1. The van der Waals surface area contributed by atoms with Crippen LogP contribution in [0.4, 0.5) is 11.6 Å². The minimum atomic E-state index is -0.471. The Morgan fingerprint density at radius 3 is 2.87 bits per heavy atom. The monoisotopic (exact) mass is 315 g/mol. The fourth-order valence-electron chi connectivity index (χ4n) is 2.45. The van der Waals surface area contributed by atoms with Crippen LogP contribution < -0.4 is 15.4 Å². The number of aryl methyl sites for hydroxylation is 1. The normalized spacial score (nSPS) is 16.4. The van der Waals surface area contributed by atoms with Crippen LogP contribution in [0, 0.1) is 12.8 Å². The lowest BCUT2D eigenvalue weighted by atomic mass is 10.0. The summed E-state index contributed by atoms with van der Waals surface area (Å²) in [5, 5.41) is 9.63. The minimum absolute atomic E-state index is 0.0796. The van der Waals surface area contributed by atoms with E-state index in [1.807, 2.05) is 0 Å². The molecule has 2 amide bonds. The first-order valence-corrected chi connectivity index (χ1v) is 7.21. The maximum Gasteiger partial charge on any atom is 0.232 e. The molecule has 1 aromatic heterocycles. The molecule has 0 spiro atoms. The highest BCUT2D eigenvalue weighted by atomic mass is 16.5. The predicted molar refractivity (Wildman–Crippen MR) is 83.1 cm³/mol. The summed E-state index contributed by atoms with van der Waals surface area (Å²) in [5.41, 5.74) is 0.657. The van der Waals surface area contributed by atoms with Gasteiger partial charge in [-0.25, -0.2) is 4.68 Å². The Bertz CT molecular complexity index is 738. The van der Waals surface area contributed by atoms with Gasteiger partial charge in [-0.2, -0.15) is 10.1 Å². The van der Waals surface area contributed by atoms with Crippen LogP contribution in [-0.4, -0.2) is 33.7 Å². The minimum Gasteiger partial charge on any atom is -0.497 e. The van der Waals surface area contributed by atoms with E-state index in [-0.39, 0.29) is 18.2 Å². The Kier molecular flexibility index (Phi) is 3.96. The number of hydrogen-bond acceptors (Lipinski definition) is 5. The summed E-state index contributed by atoms with van der Waals surface area (Å²) in [6.07, 6.45) is 0.0796. The number of ether oxygens (including phenoxy) is 1. The number of rotatable bonds is 4. The molecule has 1 aliphatic rings. The van der Waals surface area contributed by atoms with E-state index in [0.29, 0.717) is 29.8 Å². The first-order chi connectivity index (χ1) is 11.0. The van der Waals surface area contributed by atoms with Gasteiger partial charge >= 0.3 is 0 Å². The van der Waals surface area contributed by atoms with Crippen LogP contribution >= 0.6 is 0 Å². The van der Waals surface area contributed by atoms with Gasteiger partial charge in [0, 0.05) is 12.1 Å². The number of aromatic nitrogens is 3. The van der Waals surface area contributed by atoms with Gasteiger partial charge in [0.1, 0.15) is 11.6 Å². The van der Waals surface area contributed by atoms with Gasteiger partial charge in [-0.3, -0.25) is 14.9 Å². The zero-order valence-electron chi connectivity index (χ0n) is 12.9. The van der Waals surface area contributed by atoms with Crippen molar-refractivity contribution in [1.82, 2.24) is 14.8 Å². The molecule has 0 saturated carbocycles. The van der Waals surface area contributed by atoms with E-state index >= 15 is 0 Å². The van der Waals surface area contributed by atoms with Crippen molar-refractivity contribution in [3.8, 4) is 5.75 Å². The van der Waals surface area contributed by atoms with Crippen LogP contribution in [0.15, 0.2) is 24.3 Å². The van der Waals surface area contributed by atoms with Crippen LogP contribution in [0.25, 0.3) is 0 Å². The maximum absolute atomic E-state index is 12.1. The number of carbonyl (C=O) groups excluding carboxylic acids is 2. The van der Waals surface area contributed by atoms with Crippen molar-refractivity contribution in [2.24, 2.45) is 5.92 Å². The molecule has 0 aliphatic carbocycles. The second kappa shape index (κ2) is 6.07. The van der Waals surface area contributed by atoms with Crippen molar-refractivity contribution in [3.05, 3.63) is 30.1 Å². The summed E-state index contributed by atoms with van der Waals surface area (Å²) >= 11 is 0. The molecule has 120 valence electrons. The lowest BCUT2D eigenvalue weighted by Crippen LogP contribution is -2.36. The van der Waals surface area contributed by atoms with Gasteiger partial charge in [0.2, 0.25) is 17.8 Å². The molecular formula is C15H17N5O3. The largest absolute Gasteiger partial charge is 0.497 e. The molecule has 1 atom stereocenters. The first kappa shape index (κ1) is 15.0.